The van der Waals surface area contributed by atoms with Crippen molar-refractivity contribution in [1.29, 1.82) is 0 Å². The predicted octanol–water partition coefficient (Wildman–Crippen LogP) is 2.02. The Hall–Kier alpha value is -3.98. The Labute approximate surface area is 209 Å². The Balaban J connectivity index is 1.15. The lowest BCUT2D eigenvalue weighted by molar-refractivity contribution is -0.140. The van der Waals surface area contributed by atoms with E-state index in [1.54, 1.807) is 15.5 Å². The summed E-state index contributed by atoms with van der Waals surface area (Å²) in [6, 6.07) is 15.1. The van der Waals surface area contributed by atoms with Crippen LogP contribution in [-0.2, 0) is 20.9 Å². The number of benzene rings is 2. The second kappa shape index (κ2) is 9.58. The molecule has 0 aliphatic carbocycles. The minimum atomic E-state index is -0.447. The zero-order chi connectivity index (χ0) is 25.4. The van der Waals surface area contributed by atoms with Crippen molar-refractivity contribution in [1.82, 2.24) is 19.3 Å². The molecule has 1 aromatic heterocycles. The highest BCUT2D eigenvalue weighted by Gasteiger charge is 2.35. The third kappa shape index (κ3) is 4.49. The van der Waals surface area contributed by atoms with Gasteiger partial charge < -0.3 is 14.8 Å². The monoisotopic (exact) mass is 487 g/mol. The smallest absolute Gasteiger partial charge is 0.277 e. The summed E-state index contributed by atoms with van der Waals surface area (Å²) in [5.41, 5.74) is 4.22. The van der Waals surface area contributed by atoms with Gasteiger partial charge in [0, 0.05) is 42.8 Å². The first-order chi connectivity index (χ1) is 17.3. The lowest BCUT2D eigenvalue weighted by atomic mass is 10.1. The minimum absolute atomic E-state index is 0.0329. The van der Waals surface area contributed by atoms with Crippen LogP contribution in [-0.4, -0.2) is 82.2 Å². The average molecular weight is 488 g/mol. The summed E-state index contributed by atoms with van der Waals surface area (Å²) in [6.07, 6.45) is 0. The quantitative estimate of drug-likeness (QED) is 0.556. The summed E-state index contributed by atoms with van der Waals surface area (Å²) >= 11 is 0. The standard InChI is InChI=1S/C27H29N5O4/c1-18-6-5-8-21(19(18)2)28-24(33)15-29-10-12-30(13-11-29)25(34)16-32-26(35)17-31-22-9-4-3-7-20(22)14-23(31)27(32)36/h3-9,14H,10-13,15-17H2,1-2H3,(H,28,33). The number of imide groups is 1. The van der Waals surface area contributed by atoms with Crippen molar-refractivity contribution in [3.05, 3.63) is 65.4 Å². The van der Waals surface area contributed by atoms with Crippen molar-refractivity contribution in [2.24, 2.45) is 0 Å². The van der Waals surface area contributed by atoms with E-state index in [-0.39, 0.29) is 37.4 Å². The zero-order valence-electron chi connectivity index (χ0n) is 20.5. The van der Waals surface area contributed by atoms with Crippen LogP contribution in [0.4, 0.5) is 5.69 Å². The molecule has 36 heavy (non-hydrogen) atoms. The van der Waals surface area contributed by atoms with Crippen LogP contribution in [0.3, 0.4) is 0 Å². The van der Waals surface area contributed by atoms with Gasteiger partial charge in [-0.25, -0.2) is 0 Å². The van der Waals surface area contributed by atoms with Gasteiger partial charge in [-0.05, 0) is 43.2 Å². The number of carbonyl (C=O) groups is 4. The van der Waals surface area contributed by atoms with Gasteiger partial charge in [-0.3, -0.25) is 29.0 Å². The fourth-order valence-electron chi connectivity index (χ4n) is 4.86. The summed E-state index contributed by atoms with van der Waals surface area (Å²) in [7, 11) is 0. The SMILES string of the molecule is Cc1cccc(NC(=O)CN2CCN(C(=O)CN3C(=O)Cn4c(cc5ccccc54)C3=O)CC2)c1C. The number of fused-ring (bicyclic) bond motifs is 3. The third-order valence-corrected chi connectivity index (χ3v) is 7.13. The zero-order valence-corrected chi connectivity index (χ0v) is 20.5. The molecule has 0 bridgehead atoms. The number of nitrogens with zero attached hydrogens (tertiary/aromatic N) is 4. The van der Waals surface area contributed by atoms with Gasteiger partial charge in [0.25, 0.3) is 5.91 Å². The van der Waals surface area contributed by atoms with E-state index >= 15 is 0 Å². The van der Waals surface area contributed by atoms with Gasteiger partial charge in [0.1, 0.15) is 18.8 Å². The fraction of sp³-hybridized carbons (Fsp3) is 0.333. The predicted molar refractivity (Wildman–Crippen MR) is 136 cm³/mol. The van der Waals surface area contributed by atoms with Gasteiger partial charge in [0.15, 0.2) is 0 Å². The lowest BCUT2D eigenvalue weighted by Gasteiger charge is -2.35. The average Bonchev–Trinajstić information content (AvgIpc) is 3.23. The van der Waals surface area contributed by atoms with Crippen LogP contribution >= 0.6 is 0 Å². The number of anilines is 1. The van der Waals surface area contributed by atoms with Crippen molar-refractivity contribution in [2.45, 2.75) is 20.4 Å². The molecule has 3 heterocycles. The van der Waals surface area contributed by atoms with Crippen LogP contribution in [0.5, 0.6) is 0 Å². The van der Waals surface area contributed by atoms with E-state index in [4.69, 9.17) is 0 Å². The molecule has 4 amide bonds. The Morgan fingerprint density at radius 1 is 0.917 bits per heavy atom. The maximum atomic E-state index is 13.0. The second-order valence-electron chi connectivity index (χ2n) is 9.41. The van der Waals surface area contributed by atoms with E-state index < -0.39 is 5.91 Å². The van der Waals surface area contributed by atoms with Crippen LogP contribution in [0, 0.1) is 13.8 Å². The molecule has 2 aliphatic rings. The van der Waals surface area contributed by atoms with Crippen LogP contribution in [0.15, 0.2) is 48.5 Å². The lowest BCUT2D eigenvalue weighted by Crippen LogP contribution is -2.54. The number of aryl methyl sites for hydroxylation is 1. The van der Waals surface area contributed by atoms with Crippen LogP contribution in [0.1, 0.15) is 21.6 Å². The van der Waals surface area contributed by atoms with Crippen molar-refractivity contribution in [3.8, 4) is 0 Å². The van der Waals surface area contributed by atoms with Crippen molar-refractivity contribution < 1.29 is 19.2 Å². The van der Waals surface area contributed by atoms with Crippen LogP contribution in [0.25, 0.3) is 10.9 Å². The molecule has 0 radical (unpaired) electrons. The third-order valence-electron chi connectivity index (χ3n) is 7.13. The summed E-state index contributed by atoms with van der Waals surface area (Å²) in [5, 5.41) is 3.86. The van der Waals surface area contributed by atoms with E-state index in [0.29, 0.717) is 31.9 Å². The number of hydrogen-bond donors (Lipinski definition) is 1. The number of nitrogens with one attached hydrogen (secondary N) is 1. The van der Waals surface area contributed by atoms with E-state index in [2.05, 4.69) is 5.32 Å². The van der Waals surface area contributed by atoms with Crippen molar-refractivity contribution in [3.63, 3.8) is 0 Å². The van der Waals surface area contributed by atoms with E-state index in [1.165, 1.54) is 0 Å². The van der Waals surface area contributed by atoms with E-state index in [9.17, 15) is 19.2 Å². The molecular weight excluding hydrogens is 458 g/mol. The van der Waals surface area contributed by atoms with Gasteiger partial charge in [-0.2, -0.15) is 0 Å². The Morgan fingerprint density at radius 2 is 1.67 bits per heavy atom. The maximum absolute atomic E-state index is 13.0. The summed E-state index contributed by atoms with van der Waals surface area (Å²) in [5.74, 6) is -1.19. The van der Waals surface area contributed by atoms with Gasteiger partial charge >= 0.3 is 0 Å². The molecule has 3 aromatic rings. The largest absolute Gasteiger partial charge is 0.339 e. The summed E-state index contributed by atoms with van der Waals surface area (Å²) in [6.45, 7) is 5.95. The molecule has 9 heteroatoms. The molecule has 186 valence electrons. The molecule has 1 saturated heterocycles. The molecule has 0 atom stereocenters. The number of piperazine rings is 1. The molecule has 9 nitrogen and oxygen atoms in total. The molecule has 0 spiro atoms. The molecule has 2 aliphatic heterocycles. The van der Waals surface area contributed by atoms with Crippen molar-refractivity contribution >= 4 is 40.2 Å². The van der Waals surface area contributed by atoms with Gasteiger partial charge in [-0.15, -0.1) is 0 Å². The van der Waals surface area contributed by atoms with Crippen LogP contribution < -0.4 is 5.32 Å². The molecule has 1 N–H and O–H groups in total. The normalized spacial score (nSPS) is 16.4. The fourth-order valence-corrected chi connectivity index (χ4v) is 4.86. The number of hydrogen-bond acceptors (Lipinski definition) is 5. The first kappa shape index (κ1) is 23.7. The molecule has 5 rings (SSSR count). The molecular formula is C27H29N5O4. The number of aromatic nitrogens is 1. The molecule has 1 fully saturated rings. The molecule has 0 saturated carbocycles. The summed E-state index contributed by atoms with van der Waals surface area (Å²) < 4.78 is 1.71. The number of para-hydroxylation sites is 1. The van der Waals surface area contributed by atoms with Crippen molar-refractivity contribution in [2.75, 3.05) is 44.6 Å². The molecule has 2 aromatic carbocycles. The van der Waals surface area contributed by atoms with Gasteiger partial charge in [-0.1, -0.05) is 30.3 Å². The summed E-state index contributed by atoms with van der Waals surface area (Å²) in [4.78, 5) is 56.0. The van der Waals surface area contributed by atoms with Gasteiger partial charge in [0.2, 0.25) is 17.7 Å². The topological polar surface area (TPSA) is 95.0 Å². The minimum Gasteiger partial charge on any atom is -0.339 e. The highest BCUT2D eigenvalue weighted by molar-refractivity contribution is 6.11. The number of carbonyl (C=O) groups excluding carboxylic acids is 4. The first-order valence-corrected chi connectivity index (χ1v) is 12.1. The molecule has 0 unspecified atom stereocenters. The second-order valence-corrected chi connectivity index (χ2v) is 9.41. The van der Waals surface area contributed by atoms with Crippen LogP contribution in [0.2, 0.25) is 0 Å². The van der Waals surface area contributed by atoms with E-state index in [1.807, 2.05) is 61.2 Å². The van der Waals surface area contributed by atoms with Gasteiger partial charge in [0.05, 0.1) is 6.54 Å². The number of amides is 4. The van der Waals surface area contributed by atoms with E-state index in [0.717, 1.165) is 32.6 Å². The highest BCUT2D eigenvalue weighted by Crippen LogP contribution is 2.24. The first-order valence-electron chi connectivity index (χ1n) is 12.1. The maximum Gasteiger partial charge on any atom is 0.277 e. The highest BCUT2D eigenvalue weighted by atomic mass is 16.2. The Kier molecular flexibility index (Phi) is 6.32. The number of rotatable bonds is 5. The Morgan fingerprint density at radius 3 is 2.44 bits per heavy atom. The Bertz CT molecular complexity index is 1370.